The molecule has 1 aliphatic rings. The molecule has 0 spiro atoms. The summed E-state index contributed by atoms with van der Waals surface area (Å²) >= 11 is 0. The number of hydrogen-bond donors (Lipinski definition) is 1. The van der Waals surface area contributed by atoms with E-state index in [1.165, 1.54) is 0 Å². The second kappa shape index (κ2) is 5.13. The molecule has 0 aromatic heterocycles. The van der Waals surface area contributed by atoms with E-state index in [1.54, 1.807) is 0 Å². The van der Waals surface area contributed by atoms with E-state index in [-0.39, 0.29) is 18.5 Å². The largest absolute Gasteiger partial charge is 0.307 e. The molecule has 0 heterocycles. The molecule has 1 rings (SSSR count). The van der Waals surface area contributed by atoms with Crippen LogP contribution in [0.4, 0.5) is 8.78 Å². The zero-order chi connectivity index (χ0) is 9.68. The van der Waals surface area contributed by atoms with E-state index in [1.807, 2.05) is 0 Å². The minimum Gasteiger partial charge on any atom is -0.307 e. The van der Waals surface area contributed by atoms with E-state index in [0.29, 0.717) is 0 Å². The van der Waals surface area contributed by atoms with Crippen molar-refractivity contribution < 1.29 is 8.78 Å². The molecule has 1 aliphatic carbocycles. The molecule has 4 heteroatoms. The molecule has 74 valence electrons. The van der Waals surface area contributed by atoms with E-state index in [9.17, 15) is 8.78 Å². The normalized spacial score (nSPS) is 28.8. The molecule has 0 amide bonds. The molecule has 2 unspecified atom stereocenters. The third kappa shape index (κ3) is 3.27. The number of nitrogens with one attached hydrogen (secondary N) is 1. The summed E-state index contributed by atoms with van der Waals surface area (Å²) in [6.45, 7) is -0.289. The van der Waals surface area contributed by atoms with Gasteiger partial charge in [-0.2, -0.15) is 5.26 Å². The van der Waals surface area contributed by atoms with Gasteiger partial charge in [0, 0.05) is 6.04 Å². The molecule has 0 radical (unpaired) electrons. The van der Waals surface area contributed by atoms with Gasteiger partial charge in [-0.1, -0.05) is 12.8 Å². The van der Waals surface area contributed by atoms with Crippen LogP contribution in [-0.4, -0.2) is 19.0 Å². The third-order valence-electron chi connectivity index (χ3n) is 2.47. The number of halogens is 2. The van der Waals surface area contributed by atoms with Crippen LogP contribution in [0, 0.1) is 17.2 Å². The minimum absolute atomic E-state index is 0.0206. The molecule has 13 heavy (non-hydrogen) atoms. The molecule has 2 nitrogen and oxygen atoms in total. The summed E-state index contributed by atoms with van der Waals surface area (Å²) in [7, 11) is 0. The highest BCUT2D eigenvalue weighted by Crippen LogP contribution is 2.23. The first-order chi connectivity index (χ1) is 6.24. The predicted molar refractivity (Wildman–Crippen MR) is 45.4 cm³/mol. The summed E-state index contributed by atoms with van der Waals surface area (Å²) in [5.74, 6) is -0.0764. The van der Waals surface area contributed by atoms with Crippen molar-refractivity contribution in [1.29, 1.82) is 5.26 Å². The first-order valence-electron chi connectivity index (χ1n) is 4.65. The van der Waals surface area contributed by atoms with Crippen LogP contribution in [-0.2, 0) is 0 Å². The SMILES string of the molecule is N#CC1CCCCC1NCC(F)F. The Labute approximate surface area is 76.9 Å². The third-order valence-corrected chi connectivity index (χ3v) is 2.47. The minimum atomic E-state index is -2.32. The van der Waals surface area contributed by atoms with E-state index in [0.717, 1.165) is 25.7 Å². The van der Waals surface area contributed by atoms with Crippen LogP contribution in [0.3, 0.4) is 0 Å². The molecular weight excluding hydrogens is 174 g/mol. The molecule has 0 aliphatic heterocycles. The van der Waals surface area contributed by atoms with E-state index in [4.69, 9.17) is 5.26 Å². The molecule has 0 aromatic carbocycles. The molecule has 1 fully saturated rings. The highest BCUT2D eigenvalue weighted by atomic mass is 19.3. The number of alkyl halides is 2. The lowest BCUT2D eigenvalue weighted by Gasteiger charge is -2.27. The predicted octanol–water partition coefficient (Wildman–Crippen LogP) is 1.92. The van der Waals surface area contributed by atoms with E-state index < -0.39 is 6.43 Å². The summed E-state index contributed by atoms with van der Waals surface area (Å²) in [6, 6.07) is 2.15. The quantitative estimate of drug-likeness (QED) is 0.734. The first kappa shape index (κ1) is 10.4. The summed E-state index contributed by atoms with van der Waals surface area (Å²) < 4.78 is 23.8. The zero-order valence-corrected chi connectivity index (χ0v) is 7.47. The number of nitriles is 1. The van der Waals surface area contributed by atoms with Gasteiger partial charge in [0.25, 0.3) is 6.43 Å². The highest BCUT2D eigenvalue weighted by Gasteiger charge is 2.24. The van der Waals surface area contributed by atoms with E-state index >= 15 is 0 Å². The average Bonchev–Trinajstić information content (AvgIpc) is 2.15. The lowest BCUT2D eigenvalue weighted by atomic mass is 9.85. The number of rotatable bonds is 3. The van der Waals surface area contributed by atoms with Gasteiger partial charge in [-0.3, -0.25) is 0 Å². The topological polar surface area (TPSA) is 35.8 Å². The van der Waals surface area contributed by atoms with Gasteiger partial charge in [0.1, 0.15) is 0 Å². The van der Waals surface area contributed by atoms with Crippen LogP contribution in [0.5, 0.6) is 0 Å². The second-order valence-electron chi connectivity index (χ2n) is 3.43. The highest BCUT2D eigenvalue weighted by molar-refractivity contribution is 4.94. The molecule has 0 saturated heterocycles. The molecule has 0 bridgehead atoms. The van der Waals surface area contributed by atoms with Crippen LogP contribution in [0.1, 0.15) is 25.7 Å². The van der Waals surface area contributed by atoms with Crippen molar-refractivity contribution in [3.8, 4) is 6.07 Å². The summed E-state index contributed by atoms with van der Waals surface area (Å²) in [6.07, 6.45) is 1.47. The van der Waals surface area contributed by atoms with Crippen molar-refractivity contribution >= 4 is 0 Å². The summed E-state index contributed by atoms with van der Waals surface area (Å²) in [5, 5.41) is 11.5. The molecule has 2 atom stereocenters. The second-order valence-corrected chi connectivity index (χ2v) is 3.43. The van der Waals surface area contributed by atoms with Crippen molar-refractivity contribution in [3.05, 3.63) is 0 Å². The average molecular weight is 188 g/mol. The molecule has 1 N–H and O–H groups in total. The standard InChI is InChI=1S/C9H14F2N2/c10-9(11)6-13-8-4-2-1-3-7(8)5-12/h7-9,13H,1-4,6H2. The van der Waals surface area contributed by atoms with Crippen LogP contribution < -0.4 is 5.32 Å². The molecular formula is C9H14F2N2. The monoisotopic (exact) mass is 188 g/mol. The first-order valence-corrected chi connectivity index (χ1v) is 4.65. The zero-order valence-electron chi connectivity index (χ0n) is 7.47. The van der Waals surface area contributed by atoms with Crippen molar-refractivity contribution in [2.24, 2.45) is 5.92 Å². The van der Waals surface area contributed by atoms with Gasteiger partial charge < -0.3 is 5.32 Å². The van der Waals surface area contributed by atoms with Gasteiger partial charge in [-0.25, -0.2) is 8.78 Å². The van der Waals surface area contributed by atoms with Crippen molar-refractivity contribution in [3.63, 3.8) is 0 Å². The van der Waals surface area contributed by atoms with Gasteiger partial charge in [-0.05, 0) is 12.8 Å². The van der Waals surface area contributed by atoms with Gasteiger partial charge >= 0.3 is 0 Å². The summed E-state index contributed by atoms with van der Waals surface area (Å²) in [4.78, 5) is 0. The Balaban J connectivity index is 2.33. The Morgan fingerprint density at radius 3 is 2.69 bits per heavy atom. The fourth-order valence-corrected chi connectivity index (χ4v) is 1.77. The van der Waals surface area contributed by atoms with E-state index in [2.05, 4.69) is 11.4 Å². The van der Waals surface area contributed by atoms with Crippen LogP contribution in [0.15, 0.2) is 0 Å². The van der Waals surface area contributed by atoms with Crippen LogP contribution >= 0.6 is 0 Å². The Kier molecular flexibility index (Phi) is 4.10. The summed E-state index contributed by atoms with van der Waals surface area (Å²) in [5.41, 5.74) is 0. The van der Waals surface area contributed by atoms with Gasteiger partial charge in [0.2, 0.25) is 0 Å². The molecule has 0 aromatic rings. The van der Waals surface area contributed by atoms with Gasteiger partial charge in [0.05, 0.1) is 18.5 Å². The maximum Gasteiger partial charge on any atom is 0.250 e. The number of nitrogens with zero attached hydrogens (tertiary/aromatic N) is 1. The Morgan fingerprint density at radius 2 is 2.08 bits per heavy atom. The van der Waals surface area contributed by atoms with Gasteiger partial charge in [-0.15, -0.1) is 0 Å². The van der Waals surface area contributed by atoms with Crippen molar-refractivity contribution in [2.75, 3.05) is 6.54 Å². The fraction of sp³-hybridized carbons (Fsp3) is 0.889. The van der Waals surface area contributed by atoms with Crippen molar-refractivity contribution in [1.82, 2.24) is 5.32 Å². The lowest BCUT2D eigenvalue weighted by Crippen LogP contribution is -2.40. The Bertz CT molecular complexity index is 189. The van der Waals surface area contributed by atoms with Crippen molar-refractivity contribution in [2.45, 2.75) is 38.2 Å². The lowest BCUT2D eigenvalue weighted by molar-refractivity contribution is 0.134. The van der Waals surface area contributed by atoms with Crippen LogP contribution in [0.25, 0.3) is 0 Å². The number of hydrogen-bond acceptors (Lipinski definition) is 2. The molecule has 1 saturated carbocycles. The van der Waals surface area contributed by atoms with Gasteiger partial charge in [0.15, 0.2) is 0 Å². The Hall–Kier alpha value is -0.690. The maximum atomic E-state index is 11.9. The maximum absolute atomic E-state index is 11.9. The smallest absolute Gasteiger partial charge is 0.250 e. The fourth-order valence-electron chi connectivity index (χ4n) is 1.77. The van der Waals surface area contributed by atoms with Crippen LogP contribution in [0.2, 0.25) is 0 Å². The Morgan fingerprint density at radius 1 is 1.38 bits per heavy atom.